The number of carboxylic acid groups (broad SMARTS) is 1. The number of rotatable bonds is 25. The van der Waals surface area contributed by atoms with Crippen molar-refractivity contribution in [1.29, 1.82) is 0 Å². The van der Waals surface area contributed by atoms with Crippen molar-refractivity contribution in [3.63, 3.8) is 0 Å². The summed E-state index contributed by atoms with van der Waals surface area (Å²) in [6.07, 6.45) is 36.1. The molecule has 0 atom stereocenters. The summed E-state index contributed by atoms with van der Waals surface area (Å²) < 4.78 is 0. The molecule has 0 bridgehead atoms. The van der Waals surface area contributed by atoms with E-state index in [0.29, 0.717) is 6.42 Å². The highest BCUT2D eigenvalue weighted by molar-refractivity contribution is 5.66. The van der Waals surface area contributed by atoms with E-state index in [4.69, 9.17) is 5.11 Å². The topological polar surface area (TPSA) is 37.3 Å². The van der Waals surface area contributed by atoms with E-state index >= 15 is 0 Å². The Kier molecular flexibility index (Phi) is 25.6. The van der Waals surface area contributed by atoms with Gasteiger partial charge in [0, 0.05) is 6.42 Å². The summed E-state index contributed by atoms with van der Waals surface area (Å²) in [7, 11) is 0. The standard InChI is InChI=1S/C28H54O2/c1-2-3-4-5-6-7-8-9-10-11-12-13-14-15-16-17-18-19-20-21-22-23-24-25-26-27-28(29)30/h23-24H,2-22,25-27H2,1H3,(H,29,30). The molecular weight excluding hydrogens is 368 g/mol. The molecular formula is C28H54O2. The highest BCUT2D eigenvalue weighted by Crippen LogP contribution is 2.15. The van der Waals surface area contributed by atoms with Crippen molar-refractivity contribution in [2.75, 3.05) is 0 Å². The molecule has 0 fully saturated rings. The molecule has 0 unspecified atom stereocenters. The van der Waals surface area contributed by atoms with Gasteiger partial charge in [-0.3, -0.25) is 4.79 Å². The van der Waals surface area contributed by atoms with Crippen LogP contribution in [0.4, 0.5) is 0 Å². The molecule has 1 N–H and O–H groups in total. The minimum atomic E-state index is -0.683. The van der Waals surface area contributed by atoms with Crippen molar-refractivity contribution in [1.82, 2.24) is 0 Å². The van der Waals surface area contributed by atoms with Crippen LogP contribution in [0.5, 0.6) is 0 Å². The molecule has 0 spiro atoms. The van der Waals surface area contributed by atoms with Crippen molar-refractivity contribution in [3.05, 3.63) is 12.2 Å². The van der Waals surface area contributed by atoms with Crippen LogP contribution in [0.15, 0.2) is 12.2 Å². The molecule has 0 heterocycles. The van der Waals surface area contributed by atoms with E-state index in [1.807, 2.05) is 0 Å². The Bertz CT molecular complexity index is 362. The van der Waals surface area contributed by atoms with Crippen LogP contribution < -0.4 is 0 Å². The van der Waals surface area contributed by atoms with Gasteiger partial charge >= 0.3 is 5.97 Å². The molecule has 0 radical (unpaired) electrons. The second kappa shape index (κ2) is 26.2. The van der Waals surface area contributed by atoms with E-state index in [1.54, 1.807) is 0 Å². The quantitative estimate of drug-likeness (QED) is 0.117. The molecule has 0 aromatic heterocycles. The smallest absolute Gasteiger partial charge is 0.303 e. The highest BCUT2D eigenvalue weighted by Gasteiger charge is 1.96. The fourth-order valence-electron chi connectivity index (χ4n) is 4.12. The summed E-state index contributed by atoms with van der Waals surface area (Å²) in [4.78, 5) is 10.4. The van der Waals surface area contributed by atoms with E-state index < -0.39 is 5.97 Å². The molecule has 0 saturated carbocycles. The van der Waals surface area contributed by atoms with Crippen LogP contribution in [0, 0.1) is 0 Å². The van der Waals surface area contributed by atoms with Gasteiger partial charge in [0.1, 0.15) is 0 Å². The Morgan fingerprint density at radius 1 is 0.500 bits per heavy atom. The summed E-state index contributed by atoms with van der Waals surface area (Å²) in [5.41, 5.74) is 0. The maximum atomic E-state index is 10.4. The molecule has 0 aliphatic carbocycles. The van der Waals surface area contributed by atoms with Crippen LogP contribution in [0.2, 0.25) is 0 Å². The van der Waals surface area contributed by atoms with Crippen LogP contribution in [0.25, 0.3) is 0 Å². The summed E-state index contributed by atoms with van der Waals surface area (Å²) in [6, 6.07) is 0. The van der Waals surface area contributed by atoms with Gasteiger partial charge in [0.05, 0.1) is 0 Å². The van der Waals surface area contributed by atoms with Crippen LogP contribution in [-0.4, -0.2) is 11.1 Å². The lowest BCUT2D eigenvalue weighted by Crippen LogP contribution is -1.92. The number of carboxylic acids is 1. The normalized spacial score (nSPS) is 11.5. The van der Waals surface area contributed by atoms with E-state index in [9.17, 15) is 4.79 Å². The van der Waals surface area contributed by atoms with Crippen LogP contribution in [0.1, 0.15) is 161 Å². The predicted molar refractivity (Wildman–Crippen MR) is 133 cm³/mol. The SMILES string of the molecule is CCCCCCCCCCCCCCCCCCCCCCC=CCCCC(=O)O. The Labute approximate surface area is 189 Å². The zero-order valence-electron chi connectivity index (χ0n) is 20.5. The van der Waals surface area contributed by atoms with Gasteiger partial charge in [-0.2, -0.15) is 0 Å². The Hall–Kier alpha value is -0.790. The van der Waals surface area contributed by atoms with Crippen molar-refractivity contribution < 1.29 is 9.90 Å². The van der Waals surface area contributed by atoms with Gasteiger partial charge in [-0.15, -0.1) is 0 Å². The van der Waals surface area contributed by atoms with Crippen molar-refractivity contribution in [3.8, 4) is 0 Å². The predicted octanol–water partition coefficient (Wildman–Crippen LogP) is 10.0. The average molecular weight is 423 g/mol. The fraction of sp³-hybridized carbons (Fsp3) is 0.893. The molecule has 0 aliphatic heterocycles. The lowest BCUT2D eigenvalue weighted by atomic mass is 10.0. The molecule has 2 nitrogen and oxygen atoms in total. The van der Waals surface area contributed by atoms with Gasteiger partial charge < -0.3 is 5.11 Å². The third-order valence-corrected chi connectivity index (χ3v) is 6.15. The Balaban J connectivity index is 3.05. The molecule has 30 heavy (non-hydrogen) atoms. The molecule has 0 aromatic carbocycles. The van der Waals surface area contributed by atoms with Gasteiger partial charge in [-0.25, -0.2) is 0 Å². The number of hydrogen-bond donors (Lipinski definition) is 1. The summed E-state index contributed by atoms with van der Waals surface area (Å²) >= 11 is 0. The summed E-state index contributed by atoms with van der Waals surface area (Å²) in [5.74, 6) is -0.683. The van der Waals surface area contributed by atoms with Gasteiger partial charge in [0.15, 0.2) is 0 Å². The molecule has 0 saturated heterocycles. The van der Waals surface area contributed by atoms with Crippen molar-refractivity contribution >= 4 is 5.97 Å². The van der Waals surface area contributed by atoms with Gasteiger partial charge in [0.2, 0.25) is 0 Å². The number of hydrogen-bond acceptors (Lipinski definition) is 1. The largest absolute Gasteiger partial charge is 0.481 e. The molecule has 178 valence electrons. The monoisotopic (exact) mass is 422 g/mol. The van der Waals surface area contributed by atoms with E-state index in [-0.39, 0.29) is 0 Å². The maximum Gasteiger partial charge on any atom is 0.303 e. The first-order valence-corrected chi connectivity index (χ1v) is 13.6. The summed E-state index contributed by atoms with van der Waals surface area (Å²) in [5, 5.41) is 8.57. The lowest BCUT2D eigenvalue weighted by Gasteiger charge is -2.04. The third kappa shape index (κ3) is 27.2. The second-order valence-corrected chi connectivity index (χ2v) is 9.26. The second-order valence-electron chi connectivity index (χ2n) is 9.26. The summed E-state index contributed by atoms with van der Waals surface area (Å²) in [6.45, 7) is 2.29. The first-order chi connectivity index (χ1) is 14.8. The molecule has 0 aliphatic rings. The Morgan fingerprint density at radius 2 is 0.800 bits per heavy atom. The molecule has 0 amide bonds. The molecule has 0 aromatic rings. The maximum absolute atomic E-state index is 10.4. The van der Waals surface area contributed by atoms with E-state index in [0.717, 1.165) is 19.3 Å². The van der Waals surface area contributed by atoms with E-state index in [1.165, 1.54) is 128 Å². The highest BCUT2D eigenvalue weighted by atomic mass is 16.4. The number of carbonyl (C=O) groups is 1. The van der Waals surface area contributed by atoms with Gasteiger partial charge in [-0.1, -0.05) is 141 Å². The molecule has 0 rings (SSSR count). The van der Waals surface area contributed by atoms with Crippen LogP contribution >= 0.6 is 0 Å². The lowest BCUT2D eigenvalue weighted by molar-refractivity contribution is -0.137. The van der Waals surface area contributed by atoms with Crippen LogP contribution in [-0.2, 0) is 4.79 Å². The number of unbranched alkanes of at least 4 members (excludes halogenated alkanes) is 21. The number of allylic oxidation sites excluding steroid dienone is 2. The Morgan fingerprint density at radius 3 is 1.13 bits per heavy atom. The van der Waals surface area contributed by atoms with E-state index in [2.05, 4.69) is 19.1 Å². The zero-order chi connectivity index (χ0) is 22.0. The van der Waals surface area contributed by atoms with Crippen molar-refractivity contribution in [2.45, 2.75) is 161 Å². The average Bonchev–Trinajstić information content (AvgIpc) is 2.73. The number of aliphatic carboxylic acids is 1. The molecule has 2 heteroatoms. The zero-order valence-corrected chi connectivity index (χ0v) is 20.5. The van der Waals surface area contributed by atoms with Crippen molar-refractivity contribution in [2.24, 2.45) is 0 Å². The minimum Gasteiger partial charge on any atom is -0.481 e. The first kappa shape index (κ1) is 29.2. The van der Waals surface area contributed by atoms with Gasteiger partial charge in [-0.05, 0) is 25.7 Å². The third-order valence-electron chi connectivity index (χ3n) is 6.15. The fourth-order valence-corrected chi connectivity index (χ4v) is 4.12. The van der Waals surface area contributed by atoms with Gasteiger partial charge in [0.25, 0.3) is 0 Å². The minimum absolute atomic E-state index is 0.295. The first-order valence-electron chi connectivity index (χ1n) is 13.6. The van der Waals surface area contributed by atoms with Crippen LogP contribution in [0.3, 0.4) is 0 Å².